The van der Waals surface area contributed by atoms with Crippen LogP contribution in [-0.4, -0.2) is 34.3 Å². The lowest BCUT2D eigenvalue weighted by Crippen LogP contribution is -2.43. The number of carbonyl (C=O) groups excluding carboxylic acids is 2. The van der Waals surface area contributed by atoms with E-state index in [-0.39, 0.29) is 11.8 Å². The normalized spacial score (nSPS) is 16.7. The Balaban J connectivity index is 1.71. The second kappa shape index (κ2) is 8.66. The SMILES string of the molecule is CCC1CCCCN1C(=O)c1cncc(Nc2ccc(NC(C)=O)cc2)c1. The van der Waals surface area contributed by atoms with E-state index in [1.807, 2.05) is 35.2 Å². The third kappa shape index (κ3) is 4.84. The Morgan fingerprint density at radius 3 is 2.56 bits per heavy atom. The van der Waals surface area contributed by atoms with Crippen molar-refractivity contribution in [3.8, 4) is 0 Å². The molecular weight excluding hydrogens is 340 g/mol. The highest BCUT2D eigenvalue weighted by molar-refractivity contribution is 5.95. The van der Waals surface area contributed by atoms with Crippen molar-refractivity contribution in [1.29, 1.82) is 0 Å². The number of amides is 2. The Kier molecular flexibility index (Phi) is 6.06. The number of piperidine rings is 1. The number of likely N-dealkylation sites (tertiary alicyclic amines) is 1. The Labute approximate surface area is 160 Å². The maximum Gasteiger partial charge on any atom is 0.255 e. The Bertz CT molecular complexity index is 804. The summed E-state index contributed by atoms with van der Waals surface area (Å²) in [6.07, 6.45) is 7.65. The molecule has 3 rings (SSSR count). The van der Waals surface area contributed by atoms with Crippen LogP contribution in [0, 0.1) is 0 Å². The molecule has 6 heteroatoms. The Hall–Kier alpha value is -2.89. The topological polar surface area (TPSA) is 74.3 Å². The number of benzene rings is 1. The molecule has 1 saturated heterocycles. The lowest BCUT2D eigenvalue weighted by atomic mass is 9.99. The lowest BCUT2D eigenvalue weighted by molar-refractivity contribution is -0.114. The highest BCUT2D eigenvalue weighted by atomic mass is 16.2. The molecule has 1 fully saturated rings. The fourth-order valence-corrected chi connectivity index (χ4v) is 3.49. The van der Waals surface area contributed by atoms with Crippen molar-refractivity contribution in [3.05, 3.63) is 48.3 Å². The summed E-state index contributed by atoms with van der Waals surface area (Å²) in [4.78, 5) is 30.3. The van der Waals surface area contributed by atoms with Crippen LogP contribution in [0.1, 0.15) is 49.9 Å². The summed E-state index contributed by atoms with van der Waals surface area (Å²) in [6.45, 7) is 4.43. The smallest absolute Gasteiger partial charge is 0.255 e. The van der Waals surface area contributed by atoms with Crippen molar-refractivity contribution < 1.29 is 9.59 Å². The molecule has 0 radical (unpaired) electrons. The van der Waals surface area contributed by atoms with Gasteiger partial charge in [0, 0.05) is 37.1 Å². The highest BCUT2D eigenvalue weighted by Gasteiger charge is 2.26. The zero-order valence-electron chi connectivity index (χ0n) is 15.9. The first kappa shape index (κ1) is 18.9. The van der Waals surface area contributed by atoms with Crippen LogP contribution in [0.3, 0.4) is 0 Å². The van der Waals surface area contributed by atoms with E-state index in [4.69, 9.17) is 0 Å². The molecule has 6 nitrogen and oxygen atoms in total. The van der Waals surface area contributed by atoms with E-state index in [1.165, 1.54) is 13.3 Å². The summed E-state index contributed by atoms with van der Waals surface area (Å²) < 4.78 is 0. The van der Waals surface area contributed by atoms with Gasteiger partial charge in [0.25, 0.3) is 5.91 Å². The van der Waals surface area contributed by atoms with Gasteiger partial charge >= 0.3 is 0 Å². The maximum atomic E-state index is 12.9. The molecule has 0 bridgehead atoms. The van der Waals surface area contributed by atoms with Crippen molar-refractivity contribution in [2.24, 2.45) is 0 Å². The number of aromatic nitrogens is 1. The van der Waals surface area contributed by atoms with Gasteiger partial charge in [-0.15, -0.1) is 0 Å². The van der Waals surface area contributed by atoms with E-state index in [2.05, 4.69) is 22.5 Å². The van der Waals surface area contributed by atoms with Gasteiger partial charge in [0.2, 0.25) is 5.91 Å². The maximum absolute atomic E-state index is 12.9. The number of hydrogen-bond acceptors (Lipinski definition) is 4. The van der Waals surface area contributed by atoms with Crippen molar-refractivity contribution in [2.45, 2.75) is 45.6 Å². The molecule has 0 aliphatic carbocycles. The Morgan fingerprint density at radius 1 is 1.11 bits per heavy atom. The van der Waals surface area contributed by atoms with Crippen LogP contribution in [-0.2, 0) is 4.79 Å². The van der Waals surface area contributed by atoms with Crippen LogP contribution in [0.2, 0.25) is 0 Å². The van der Waals surface area contributed by atoms with Crippen LogP contribution < -0.4 is 10.6 Å². The highest BCUT2D eigenvalue weighted by Crippen LogP contribution is 2.24. The molecule has 2 N–H and O–H groups in total. The van der Waals surface area contributed by atoms with E-state index >= 15 is 0 Å². The number of anilines is 3. The van der Waals surface area contributed by atoms with Gasteiger partial charge in [0.05, 0.1) is 17.4 Å². The van der Waals surface area contributed by atoms with Gasteiger partial charge in [-0.3, -0.25) is 14.6 Å². The van der Waals surface area contributed by atoms with Crippen molar-refractivity contribution in [2.75, 3.05) is 17.2 Å². The van der Waals surface area contributed by atoms with Crippen LogP contribution >= 0.6 is 0 Å². The zero-order valence-corrected chi connectivity index (χ0v) is 15.9. The van der Waals surface area contributed by atoms with Gasteiger partial charge in [-0.2, -0.15) is 0 Å². The summed E-state index contributed by atoms with van der Waals surface area (Å²) in [6, 6.07) is 9.56. The molecular formula is C21H26N4O2. The Morgan fingerprint density at radius 2 is 1.85 bits per heavy atom. The van der Waals surface area contributed by atoms with Crippen molar-refractivity contribution in [3.63, 3.8) is 0 Å². The van der Waals surface area contributed by atoms with E-state index < -0.39 is 0 Å². The molecule has 1 atom stereocenters. The first-order valence-electron chi connectivity index (χ1n) is 9.47. The number of nitrogens with zero attached hydrogens (tertiary/aromatic N) is 2. The average Bonchev–Trinajstić information content (AvgIpc) is 2.69. The monoisotopic (exact) mass is 366 g/mol. The molecule has 0 saturated carbocycles. The summed E-state index contributed by atoms with van der Waals surface area (Å²) >= 11 is 0. The molecule has 27 heavy (non-hydrogen) atoms. The molecule has 1 unspecified atom stereocenters. The van der Waals surface area contributed by atoms with E-state index in [1.54, 1.807) is 12.4 Å². The summed E-state index contributed by atoms with van der Waals surface area (Å²) in [5, 5.41) is 6.00. The van der Waals surface area contributed by atoms with Gasteiger partial charge in [0.15, 0.2) is 0 Å². The van der Waals surface area contributed by atoms with Crippen LogP contribution in [0.5, 0.6) is 0 Å². The minimum absolute atomic E-state index is 0.0544. The van der Waals surface area contributed by atoms with Gasteiger partial charge in [-0.05, 0) is 56.0 Å². The first-order chi connectivity index (χ1) is 13.1. The molecule has 0 spiro atoms. The van der Waals surface area contributed by atoms with E-state index in [9.17, 15) is 9.59 Å². The average molecular weight is 366 g/mol. The fourth-order valence-electron chi connectivity index (χ4n) is 3.49. The molecule has 2 aromatic rings. The molecule has 1 aliphatic rings. The minimum atomic E-state index is -0.103. The van der Waals surface area contributed by atoms with Crippen LogP contribution in [0.4, 0.5) is 17.1 Å². The lowest BCUT2D eigenvalue weighted by Gasteiger charge is -2.35. The number of rotatable bonds is 5. The van der Waals surface area contributed by atoms with E-state index in [0.717, 1.165) is 42.9 Å². The molecule has 1 aliphatic heterocycles. The third-order valence-electron chi connectivity index (χ3n) is 4.84. The van der Waals surface area contributed by atoms with Crippen molar-refractivity contribution >= 4 is 28.9 Å². The van der Waals surface area contributed by atoms with Crippen LogP contribution in [0.25, 0.3) is 0 Å². The van der Waals surface area contributed by atoms with Crippen molar-refractivity contribution in [1.82, 2.24) is 9.88 Å². The summed E-state index contributed by atoms with van der Waals surface area (Å²) in [5.74, 6) is -0.0482. The third-order valence-corrected chi connectivity index (χ3v) is 4.84. The molecule has 1 aromatic carbocycles. The molecule has 142 valence electrons. The molecule has 2 heterocycles. The summed E-state index contributed by atoms with van der Waals surface area (Å²) in [7, 11) is 0. The zero-order chi connectivity index (χ0) is 19.2. The minimum Gasteiger partial charge on any atom is -0.354 e. The fraction of sp³-hybridized carbons (Fsp3) is 0.381. The quantitative estimate of drug-likeness (QED) is 0.832. The second-order valence-corrected chi connectivity index (χ2v) is 6.90. The van der Waals surface area contributed by atoms with E-state index in [0.29, 0.717) is 11.6 Å². The van der Waals surface area contributed by atoms with Crippen LogP contribution in [0.15, 0.2) is 42.7 Å². The number of nitrogens with one attached hydrogen (secondary N) is 2. The van der Waals surface area contributed by atoms with Gasteiger partial charge in [0.1, 0.15) is 0 Å². The number of pyridine rings is 1. The standard InChI is InChI=1S/C21H26N4O2/c1-3-20-6-4-5-11-25(20)21(27)16-12-19(14-22-13-16)24-18-9-7-17(8-10-18)23-15(2)26/h7-10,12-14,20,24H,3-6,11H2,1-2H3,(H,23,26). The van der Waals surface area contributed by atoms with Gasteiger partial charge in [-0.25, -0.2) is 0 Å². The van der Waals surface area contributed by atoms with Gasteiger partial charge in [-0.1, -0.05) is 6.92 Å². The number of carbonyl (C=O) groups is 2. The van der Waals surface area contributed by atoms with Gasteiger partial charge < -0.3 is 15.5 Å². The second-order valence-electron chi connectivity index (χ2n) is 6.90. The molecule has 2 amide bonds. The number of hydrogen-bond donors (Lipinski definition) is 2. The largest absolute Gasteiger partial charge is 0.354 e. The summed E-state index contributed by atoms with van der Waals surface area (Å²) in [5.41, 5.74) is 2.97. The predicted molar refractivity (Wildman–Crippen MR) is 107 cm³/mol. The first-order valence-corrected chi connectivity index (χ1v) is 9.47. The molecule has 1 aromatic heterocycles. The predicted octanol–water partition coefficient (Wildman–Crippen LogP) is 4.19.